The lowest BCUT2D eigenvalue weighted by molar-refractivity contribution is 0.175. The molecule has 1 heterocycles. The fraction of sp³-hybridized carbons (Fsp3) is 0.923. The van der Waals surface area contributed by atoms with Gasteiger partial charge in [-0.15, -0.1) is 0 Å². The van der Waals surface area contributed by atoms with Gasteiger partial charge in [-0.25, -0.2) is 4.79 Å². The molecule has 2 unspecified atom stereocenters. The topological polar surface area (TPSA) is 52.6 Å². The van der Waals surface area contributed by atoms with E-state index < -0.39 is 0 Å². The maximum absolute atomic E-state index is 11.9. The van der Waals surface area contributed by atoms with E-state index in [4.69, 9.17) is 0 Å². The van der Waals surface area contributed by atoms with E-state index in [0.29, 0.717) is 5.92 Å². The zero-order valence-corrected chi connectivity index (χ0v) is 10.5. The molecule has 2 aliphatic rings. The van der Waals surface area contributed by atoms with Crippen LogP contribution in [-0.4, -0.2) is 41.8 Å². The predicted molar refractivity (Wildman–Crippen MR) is 66.8 cm³/mol. The summed E-state index contributed by atoms with van der Waals surface area (Å²) >= 11 is 0. The lowest BCUT2D eigenvalue weighted by Crippen LogP contribution is -2.42. The van der Waals surface area contributed by atoms with Gasteiger partial charge >= 0.3 is 6.03 Å². The van der Waals surface area contributed by atoms with Gasteiger partial charge in [0.2, 0.25) is 0 Å². The van der Waals surface area contributed by atoms with Crippen molar-refractivity contribution in [1.82, 2.24) is 10.2 Å². The summed E-state index contributed by atoms with van der Waals surface area (Å²) in [6.07, 6.45) is 7.41. The van der Waals surface area contributed by atoms with E-state index >= 15 is 0 Å². The van der Waals surface area contributed by atoms with Crippen molar-refractivity contribution in [2.45, 2.75) is 51.0 Å². The van der Waals surface area contributed by atoms with Crippen molar-refractivity contribution in [1.29, 1.82) is 0 Å². The van der Waals surface area contributed by atoms with Crippen LogP contribution in [0.25, 0.3) is 0 Å². The van der Waals surface area contributed by atoms with Gasteiger partial charge in [0.1, 0.15) is 0 Å². The third-order valence-electron chi connectivity index (χ3n) is 3.95. The zero-order valence-electron chi connectivity index (χ0n) is 10.5. The van der Waals surface area contributed by atoms with Gasteiger partial charge in [-0.3, -0.25) is 0 Å². The number of carbonyl (C=O) groups excluding carboxylic acids is 1. The van der Waals surface area contributed by atoms with Gasteiger partial charge < -0.3 is 15.3 Å². The quantitative estimate of drug-likeness (QED) is 0.772. The summed E-state index contributed by atoms with van der Waals surface area (Å²) < 4.78 is 0. The first kappa shape index (κ1) is 12.7. The second-order valence-corrected chi connectivity index (χ2v) is 5.42. The normalized spacial score (nSPS) is 30.1. The molecule has 2 N–H and O–H groups in total. The summed E-state index contributed by atoms with van der Waals surface area (Å²) in [5.74, 6) is 0.473. The number of carbonyl (C=O) groups is 1. The number of hydrogen-bond acceptors (Lipinski definition) is 2. The van der Waals surface area contributed by atoms with Crippen LogP contribution in [0.15, 0.2) is 0 Å². The van der Waals surface area contributed by atoms with E-state index in [0.717, 1.165) is 51.7 Å². The highest BCUT2D eigenvalue weighted by Gasteiger charge is 2.24. The Morgan fingerprint density at radius 1 is 1.18 bits per heavy atom. The highest BCUT2D eigenvalue weighted by Crippen LogP contribution is 2.24. The Morgan fingerprint density at radius 2 is 1.88 bits per heavy atom. The molecule has 2 rings (SSSR count). The standard InChI is InChI=1S/C13H24N2O2/c16-12-6-5-11(9-12)10-14-13(17)15-7-3-1-2-4-8-15/h11-12,16H,1-10H2,(H,14,17). The van der Waals surface area contributed by atoms with Crippen molar-refractivity contribution in [2.24, 2.45) is 5.92 Å². The highest BCUT2D eigenvalue weighted by atomic mass is 16.3. The van der Waals surface area contributed by atoms with E-state index in [2.05, 4.69) is 5.32 Å². The van der Waals surface area contributed by atoms with Gasteiger partial charge in [-0.2, -0.15) is 0 Å². The van der Waals surface area contributed by atoms with Gasteiger partial charge in [0.15, 0.2) is 0 Å². The van der Waals surface area contributed by atoms with E-state index in [1.54, 1.807) is 0 Å². The van der Waals surface area contributed by atoms with Crippen LogP contribution in [0.2, 0.25) is 0 Å². The molecular weight excluding hydrogens is 216 g/mol. The van der Waals surface area contributed by atoms with Crippen LogP contribution in [0.3, 0.4) is 0 Å². The fourth-order valence-corrected chi connectivity index (χ4v) is 2.85. The van der Waals surface area contributed by atoms with Gasteiger partial charge in [0, 0.05) is 19.6 Å². The smallest absolute Gasteiger partial charge is 0.317 e. The van der Waals surface area contributed by atoms with Crippen LogP contribution in [0, 0.1) is 5.92 Å². The maximum atomic E-state index is 11.9. The number of hydrogen-bond donors (Lipinski definition) is 2. The van der Waals surface area contributed by atoms with Crippen molar-refractivity contribution in [3.8, 4) is 0 Å². The monoisotopic (exact) mass is 240 g/mol. The Labute approximate surface area is 103 Å². The number of nitrogens with one attached hydrogen (secondary N) is 1. The van der Waals surface area contributed by atoms with Gasteiger partial charge in [-0.05, 0) is 38.0 Å². The van der Waals surface area contributed by atoms with Crippen LogP contribution < -0.4 is 5.32 Å². The van der Waals surface area contributed by atoms with Gasteiger partial charge in [0.05, 0.1) is 6.10 Å². The molecule has 1 aliphatic heterocycles. The molecule has 2 amide bonds. The average Bonchev–Trinajstić information content (AvgIpc) is 2.58. The van der Waals surface area contributed by atoms with Crippen LogP contribution in [0.5, 0.6) is 0 Å². The largest absolute Gasteiger partial charge is 0.393 e. The summed E-state index contributed by atoms with van der Waals surface area (Å²) in [6.45, 7) is 2.53. The summed E-state index contributed by atoms with van der Waals surface area (Å²) in [5, 5.41) is 12.4. The van der Waals surface area contributed by atoms with E-state index in [1.807, 2.05) is 4.90 Å². The molecule has 2 fully saturated rings. The molecule has 0 spiro atoms. The second-order valence-electron chi connectivity index (χ2n) is 5.42. The molecule has 1 saturated carbocycles. The summed E-state index contributed by atoms with van der Waals surface area (Å²) in [7, 11) is 0. The van der Waals surface area contributed by atoms with Gasteiger partial charge in [0.25, 0.3) is 0 Å². The minimum Gasteiger partial charge on any atom is -0.393 e. The van der Waals surface area contributed by atoms with Crippen LogP contribution in [0.1, 0.15) is 44.9 Å². The molecule has 4 heteroatoms. The van der Waals surface area contributed by atoms with Crippen LogP contribution in [-0.2, 0) is 0 Å². The van der Waals surface area contributed by atoms with E-state index in [1.165, 1.54) is 12.8 Å². The predicted octanol–water partition coefficient (Wildman–Crippen LogP) is 1.73. The van der Waals surface area contributed by atoms with Crippen molar-refractivity contribution in [2.75, 3.05) is 19.6 Å². The summed E-state index contributed by atoms with van der Waals surface area (Å²) in [5.41, 5.74) is 0. The fourth-order valence-electron chi connectivity index (χ4n) is 2.85. The first-order chi connectivity index (χ1) is 8.25. The lowest BCUT2D eigenvalue weighted by atomic mass is 10.1. The molecule has 0 bridgehead atoms. The molecule has 98 valence electrons. The van der Waals surface area contributed by atoms with Crippen molar-refractivity contribution >= 4 is 6.03 Å². The number of amides is 2. The Kier molecular flexibility index (Phi) is 4.66. The maximum Gasteiger partial charge on any atom is 0.317 e. The second kappa shape index (κ2) is 6.24. The molecule has 4 nitrogen and oxygen atoms in total. The SMILES string of the molecule is O=C(NCC1CCC(O)C1)N1CCCCCC1. The zero-order chi connectivity index (χ0) is 12.1. The number of nitrogens with zero attached hydrogens (tertiary/aromatic N) is 1. The first-order valence-electron chi connectivity index (χ1n) is 6.96. The average molecular weight is 240 g/mol. The third-order valence-corrected chi connectivity index (χ3v) is 3.95. The van der Waals surface area contributed by atoms with E-state index in [9.17, 15) is 9.90 Å². The molecule has 17 heavy (non-hydrogen) atoms. The minimum atomic E-state index is -0.143. The Morgan fingerprint density at radius 3 is 2.47 bits per heavy atom. The molecule has 0 radical (unpaired) electrons. The molecule has 0 aromatic heterocycles. The molecule has 1 aliphatic carbocycles. The molecule has 0 aromatic carbocycles. The number of aliphatic hydroxyl groups is 1. The Bertz CT molecular complexity index is 250. The number of likely N-dealkylation sites (tertiary alicyclic amines) is 1. The summed E-state index contributed by atoms with van der Waals surface area (Å²) in [4.78, 5) is 13.9. The number of rotatable bonds is 2. The summed E-state index contributed by atoms with van der Waals surface area (Å²) in [6, 6.07) is 0.0910. The van der Waals surface area contributed by atoms with Crippen molar-refractivity contribution < 1.29 is 9.90 Å². The number of urea groups is 1. The minimum absolute atomic E-state index is 0.0910. The molecular formula is C13H24N2O2. The van der Waals surface area contributed by atoms with Crippen LogP contribution >= 0.6 is 0 Å². The van der Waals surface area contributed by atoms with Crippen LogP contribution in [0.4, 0.5) is 4.79 Å². The molecule has 0 aromatic rings. The van der Waals surface area contributed by atoms with Gasteiger partial charge in [-0.1, -0.05) is 12.8 Å². The Balaban J connectivity index is 1.69. The molecule has 2 atom stereocenters. The first-order valence-corrected chi connectivity index (χ1v) is 6.96. The number of aliphatic hydroxyl groups excluding tert-OH is 1. The lowest BCUT2D eigenvalue weighted by Gasteiger charge is -2.22. The molecule has 1 saturated heterocycles. The van der Waals surface area contributed by atoms with E-state index in [-0.39, 0.29) is 12.1 Å². The van der Waals surface area contributed by atoms with Crippen molar-refractivity contribution in [3.63, 3.8) is 0 Å². The third kappa shape index (κ3) is 3.87. The highest BCUT2D eigenvalue weighted by molar-refractivity contribution is 5.74. The Hall–Kier alpha value is -0.770. The van der Waals surface area contributed by atoms with Crippen molar-refractivity contribution in [3.05, 3.63) is 0 Å².